The van der Waals surface area contributed by atoms with Crippen LogP contribution in [-0.2, 0) is 10.0 Å². The summed E-state index contributed by atoms with van der Waals surface area (Å²) >= 11 is 0. The number of nitrogens with zero attached hydrogens (tertiary/aromatic N) is 2. The Kier molecular flexibility index (Phi) is 5.29. The molecule has 0 aliphatic heterocycles. The molecule has 1 heterocycles. The fraction of sp³-hybridized carbons (Fsp3) is 0.600. The number of nitrogens with one attached hydrogen (secondary N) is 3. The summed E-state index contributed by atoms with van der Waals surface area (Å²) in [5, 5.41) is 5.93. The van der Waals surface area contributed by atoms with Gasteiger partial charge < -0.3 is 10.6 Å². The quantitative estimate of drug-likeness (QED) is 0.656. The van der Waals surface area contributed by atoms with E-state index in [0.717, 1.165) is 11.4 Å². The van der Waals surface area contributed by atoms with Crippen molar-refractivity contribution in [3.05, 3.63) is 11.9 Å². The van der Waals surface area contributed by atoms with Gasteiger partial charge in [-0.15, -0.1) is 0 Å². The zero-order chi connectivity index (χ0) is 13.6. The van der Waals surface area contributed by atoms with E-state index in [2.05, 4.69) is 25.3 Å². The lowest BCUT2D eigenvalue weighted by Gasteiger charge is -2.11. The third kappa shape index (κ3) is 4.11. The second kappa shape index (κ2) is 6.50. The Morgan fingerprint density at radius 1 is 1.28 bits per heavy atom. The van der Waals surface area contributed by atoms with Crippen LogP contribution in [0.2, 0.25) is 0 Å². The highest BCUT2D eigenvalue weighted by Gasteiger charge is 2.09. The smallest absolute Gasteiger partial charge is 0.213 e. The van der Waals surface area contributed by atoms with E-state index in [1.165, 1.54) is 6.33 Å². The lowest BCUT2D eigenvalue weighted by atomic mass is 10.3. The van der Waals surface area contributed by atoms with E-state index in [0.29, 0.717) is 18.9 Å². The molecule has 7 nitrogen and oxygen atoms in total. The van der Waals surface area contributed by atoms with Crippen molar-refractivity contribution in [1.29, 1.82) is 0 Å². The number of sulfonamides is 1. The normalized spacial score (nSPS) is 11.3. The lowest BCUT2D eigenvalue weighted by molar-refractivity contribution is 0.584. The Morgan fingerprint density at radius 2 is 1.94 bits per heavy atom. The van der Waals surface area contributed by atoms with Gasteiger partial charge in [-0.2, -0.15) is 0 Å². The van der Waals surface area contributed by atoms with E-state index in [-0.39, 0.29) is 5.75 Å². The number of hydrogen-bond acceptors (Lipinski definition) is 6. The Labute approximate surface area is 107 Å². The predicted octanol–water partition coefficient (Wildman–Crippen LogP) is 0.178. The van der Waals surface area contributed by atoms with Crippen molar-refractivity contribution in [3.8, 4) is 0 Å². The van der Waals surface area contributed by atoms with Crippen molar-refractivity contribution in [1.82, 2.24) is 14.7 Å². The van der Waals surface area contributed by atoms with Crippen LogP contribution in [0.5, 0.6) is 0 Å². The minimum atomic E-state index is -3.20. The summed E-state index contributed by atoms with van der Waals surface area (Å²) in [7, 11) is -1.43. The fourth-order valence-electron chi connectivity index (χ4n) is 1.48. The predicted molar refractivity (Wildman–Crippen MR) is 72.3 cm³/mol. The van der Waals surface area contributed by atoms with E-state index >= 15 is 0 Å². The van der Waals surface area contributed by atoms with Gasteiger partial charge >= 0.3 is 0 Å². The minimum absolute atomic E-state index is 0.0131. The molecule has 0 saturated carbocycles. The molecule has 1 aromatic heterocycles. The zero-order valence-electron chi connectivity index (χ0n) is 10.8. The van der Waals surface area contributed by atoms with Crippen LogP contribution in [0.15, 0.2) is 6.33 Å². The molecule has 0 atom stereocenters. The Bertz CT molecular complexity index is 489. The lowest BCUT2D eigenvalue weighted by Crippen LogP contribution is -2.29. The Morgan fingerprint density at radius 3 is 2.56 bits per heavy atom. The summed E-state index contributed by atoms with van der Waals surface area (Å²) in [4.78, 5) is 8.13. The number of anilines is 2. The molecule has 0 aliphatic rings. The molecule has 0 unspecified atom stereocenters. The van der Waals surface area contributed by atoms with Crippen LogP contribution in [0.4, 0.5) is 11.6 Å². The van der Waals surface area contributed by atoms with Crippen LogP contribution in [0.1, 0.15) is 12.5 Å². The third-order valence-electron chi connectivity index (χ3n) is 2.35. The average Bonchev–Trinajstić information content (AvgIpc) is 2.31. The van der Waals surface area contributed by atoms with Crippen LogP contribution in [0, 0.1) is 6.92 Å². The first-order valence-corrected chi connectivity index (χ1v) is 7.36. The molecule has 1 rings (SSSR count). The van der Waals surface area contributed by atoms with Gasteiger partial charge in [0.15, 0.2) is 0 Å². The molecule has 3 N–H and O–H groups in total. The van der Waals surface area contributed by atoms with Crippen molar-refractivity contribution in [2.45, 2.75) is 13.8 Å². The van der Waals surface area contributed by atoms with Crippen molar-refractivity contribution in [3.63, 3.8) is 0 Å². The van der Waals surface area contributed by atoms with Crippen molar-refractivity contribution < 1.29 is 8.42 Å². The standard InChI is InChI=1S/C10H19N5O2S/c1-4-15-18(16,17)6-5-12-10-8(2)9(11-3)13-7-14-10/h7,15H,4-6H2,1-3H3,(H2,11,12,13,14). The van der Waals surface area contributed by atoms with Gasteiger partial charge in [-0.3, -0.25) is 0 Å². The van der Waals surface area contributed by atoms with Crippen LogP contribution in [-0.4, -0.2) is 44.3 Å². The Balaban J connectivity index is 2.60. The largest absolute Gasteiger partial charge is 0.373 e. The topological polar surface area (TPSA) is 96.0 Å². The second-order valence-electron chi connectivity index (χ2n) is 3.69. The van der Waals surface area contributed by atoms with Gasteiger partial charge in [0.1, 0.15) is 18.0 Å². The molecule has 102 valence electrons. The van der Waals surface area contributed by atoms with Gasteiger partial charge in [-0.05, 0) is 6.92 Å². The molecule has 8 heteroatoms. The molecule has 0 bridgehead atoms. The van der Waals surface area contributed by atoms with E-state index in [1.807, 2.05) is 6.92 Å². The van der Waals surface area contributed by atoms with Gasteiger partial charge in [-0.25, -0.2) is 23.1 Å². The van der Waals surface area contributed by atoms with Gasteiger partial charge in [0.2, 0.25) is 10.0 Å². The maximum absolute atomic E-state index is 11.4. The SMILES string of the molecule is CCNS(=O)(=O)CCNc1ncnc(NC)c1C. The average molecular weight is 273 g/mol. The van der Waals surface area contributed by atoms with E-state index in [1.54, 1.807) is 14.0 Å². The van der Waals surface area contributed by atoms with Crippen LogP contribution >= 0.6 is 0 Å². The monoisotopic (exact) mass is 273 g/mol. The Hall–Kier alpha value is -1.41. The highest BCUT2D eigenvalue weighted by atomic mass is 32.2. The molecular weight excluding hydrogens is 254 g/mol. The molecule has 18 heavy (non-hydrogen) atoms. The maximum Gasteiger partial charge on any atom is 0.213 e. The molecule has 1 aromatic rings. The molecule has 0 aromatic carbocycles. The molecule has 0 aliphatic carbocycles. The molecular formula is C10H19N5O2S. The number of aromatic nitrogens is 2. The van der Waals surface area contributed by atoms with Gasteiger partial charge in [0.05, 0.1) is 5.75 Å². The molecule has 0 saturated heterocycles. The molecule has 0 radical (unpaired) electrons. The van der Waals surface area contributed by atoms with Crippen molar-refractivity contribution in [2.24, 2.45) is 0 Å². The first-order chi connectivity index (χ1) is 8.50. The second-order valence-corrected chi connectivity index (χ2v) is 5.62. The van der Waals surface area contributed by atoms with Gasteiger partial charge in [0, 0.05) is 25.7 Å². The maximum atomic E-state index is 11.4. The summed E-state index contributed by atoms with van der Waals surface area (Å²) < 4.78 is 25.3. The highest BCUT2D eigenvalue weighted by molar-refractivity contribution is 7.89. The van der Waals surface area contributed by atoms with Crippen LogP contribution < -0.4 is 15.4 Å². The van der Waals surface area contributed by atoms with E-state index in [9.17, 15) is 8.42 Å². The zero-order valence-corrected chi connectivity index (χ0v) is 11.6. The van der Waals surface area contributed by atoms with E-state index in [4.69, 9.17) is 0 Å². The van der Waals surface area contributed by atoms with E-state index < -0.39 is 10.0 Å². The summed E-state index contributed by atoms with van der Waals surface area (Å²) in [6.45, 7) is 4.32. The summed E-state index contributed by atoms with van der Waals surface area (Å²) in [5.74, 6) is 1.38. The summed E-state index contributed by atoms with van der Waals surface area (Å²) in [6, 6.07) is 0. The number of hydrogen-bond donors (Lipinski definition) is 3. The van der Waals surface area contributed by atoms with Crippen LogP contribution in [0.3, 0.4) is 0 Å². The number of rotatable bonds is 7. The van der Waals surface area contributed by atoms with Crippen molar-refractivity contribution in [2.75, 3.05) is 36.5 Å². The fourth-order valence-corrected chi connectivity index (χ4v) is 2.43. The first kappa shape index (κ1) is 14.7. The first-order valence-electron chi connectivity index (χ1n) is 5.70. The molecule has 0 amide bonds. The van der Waals surface area contributed by atoms with Gasteiger partial charge in [0.25, 0.3) is 0 Å². The molecule has 0 spiro atoms. The highest BCUT2D eigenvalue weighted by Crippen LogP contribution is 2.16. The van der Waals surface area contributed by atoms with Crippen LogP contribution in [0.25, 0.3) is 0 Å². The minimum Gasteiger partial charge on any atom is -0.373 e. The third-order valence-corrected chi connectivity index (χ3v) is 3.82. The summed E-state index contributed by atoms with van der Waals surface area (Å²) in [5.41, 5.74) is 0.862. The van der Waals surface area contributed by atoms with Crippen molar-refractivity contribution >= 4 is 21.7 Å². The summed E-state index contributed by atoms with van der Waals surface area (Å²) in [6.07, 6.45) is 1.43. The molecule has 0 fully saturated rings. The van der Waals surface area contributed by atoms with Gasteiger partial charge in [-0.1, -0.05) is 6.92 Å².